The third kappa shape index (κ3) is 6.03. The Labute approximate surface area is 210 Å². The number of carbonyl (C=O) groups excluding carboxylic acids is 1. The van der Waals surface area contributed by atoms with Gasteiger partial charge in [0.1, 0.15) is 18.1 Å². The number of halogens is 2. The van der Waals surface area contributed by atoms with E-state index in [1.54, 1.807) is 31.4 Å². The van der Waals surface area contributed by atoms with Gasteiger partial charge in [0.05, 0.1) is 18.7 Å². The van der Waals surface area contributed by atoms with E-state index in [-0.39, 0.29) is 18.6 Å². The van der Waals surface area contributed by atoms with Crippen molar-refractivity contribution in [2.75, 3.05) is 26.7 Å². The summed E-state index contributed by atoms with van der Waals surface area (Å²) < 4.78 is 11.3. The van der Waals surface area contributed by atoms with Crippen molar-refractivity contribution in [2.45, 2.75) is 25.5 Å². The number of likely N-dealkylation sites (tertiary alicyclic amines) is 1. The number of hydrogen-bond donors (Lipinski definition) is 1. The van der Waals surface area contributed by atoms with Gasteiger partial charge in [0, 0.05) is 22.2 Å². The number of nitrogens with one attached hydrogen (secondary N) is 1. The Morgan fingerprint density at radius 3 is 2.47 bits per heavy atom. The van der Waals surface area contributed by atoms with Crippen LogP contribution < -0.4 is 14.8 Å². The maximum absolute atomic E-state index is 13.2. The van der Waals surface area contributed by atoms with E-state index in [0.29, 0.717) is 27.9 Å². The first-order chi connectivity index (χ1) is 16.5. The largest absolute Gasteiger partial charge is 0.497 e. The fourth-order valence-electron chi connectivity index (χ4n) is 4.20. The number of amides is 1. The standard InChI is InChI=1S/C27H28Cl2N2O3/c1-33-22-12-9-19(10-13-22)25(31-14-4-5-15-31)17-30-27(32)23-6-2-3-7-26(23)34-18-20-8-11-21(28)16-24(20)29/h2-3,6-13,16,25H,4-5,14-15,17-18H2,1H3,(H,30,32)/t25-/m0/s1. The van der Waals surface area contributed by atoms with Crippen LogP contribution in [0.25, 0.3) is 0 Å². The van der Waals surface area contributed by atoms with Gasteiger partial charge >= 0.3 is 0 Å². The van der Waals surface area contributed by atoms with Crippen LogP contribution in [0.2, 0.25) is 10.0 Å². The molecular weight excluding hydrogens is 471 g/mol. The normalized spacial score (nSPS) is 14.6. The molecule has 1 aliphatic heterocycles. The van der Waals surface area contributed by atoms with Gasteiger partial charge in [-0.15, -0.1) is 0 Å². The molecular formula is C27H28Cl2N2O3. The number of benzene rings is 3. The fraction of sp³-hybridized carbons (Fsp3) is 0.296. The predicted octanol–water partition coefficient (Wildman–Crippen LogP) is 6.15. The molecule has 1 saturated heterocycles. The maximum Gasteiger partial charge on any atom is 0.255 e. The Morgan fingerprint density at radius 1 is 1.03 bits per heavy atom. The van der Waals surface area contributed by atoms with Crippen molar-refractivity contribution in [2.24, 2.45) is 0 Å². The number of carbonyl (C=O) groups is 1. The molecule has 1 amide bonds. The van der Waals surface area contributed by atoms with Crippen LogP contribution in [0.4, 0.5) is 0 Å². The second kappa shape index (κ2) is 11.6. The number of para-hydroxylation sites is 1. The molecule has 1 heterocycles. The minimum absolute atomic E-state index is 0.0957. The second-order valence-corrected chi connectivity index (χ2v) is 9.11. The molecule has 0 bridgehead atoms. The molecule has 1 aliphatic rings. The molecule has 3 aromatic carbocycles. The topological polar surface area (TPSA) is 50.8 Å². The molecule has 34 heavy (non-hydrogen) atoms. The highest BCUT2D eigenvalue weighted by molar-refractivity contribution is 6.35. The lowest BCUT2D eigenvalue weighted by Gasteiger charge is -2.28. The van der Waals surface area contributed by atoms with Gasteiger partial charge < -0.3 is 14.8 Å². The van der Waals surface area contributed by atoms with Crippen LogP contribution in [0.15, 0.2) is 66.7 Å². The summed E-state index contributed by atoms with van der Waals surface area (Å²) in [6, 6.07) is 20.7. The number of methoxy groups -OCH3 is 1. The van der Waals surface area contributed by atoms with E-state index in [0.717, 1.165) is 30.0 Å². The fourth-order valence-corrected chi connectivity index (χ4v) is 4.66. The summed E-state index contributed by atoms with van der Waals surface area (Å²) in [7, 11) is 1.66. The smallest absolute Gasteiger partial charge is 0.255 e. The van der Waals surface area contributed by atoms with Gasteiger partial charge in [0.15, 0.2) is 0 Å². The molecule has 178 valence electrons. The summed E-state index contributed by atoms with van der Waals surface area (Å²) in [4.78, 5) is 15.6. The number of rotatable bonds is 9. The molecule has 1 atom stereocenters. The molecule has 1 N–H and O–H groups in total. The van der Waals surface area contributed by atoms with Crippen molar-refractivity contribution in [1.29, 1.82) is 0 Å². The molecule has 0 unspecified atom stereocenters. The molecule has 7 heteroatoms. The second-order valence-electron chi connectivity index (χ2n) is 8.26. The van der Waals surface area contributed by atoms with Gasteiger partial charge in [-0.05, 0) is 67.9 Å². The Kier molecular flexibility index (Phi) is 8.33. The summed E-state index contributed by atoms with van der Waals surface area (Å²) >= 11 is 12.2. The van der Waals surface area contributed by atoms with E-state index >= 15 is 0 Å². The van der Waals surface area contributed by atoms with Crippen LogP contribution in [0.3, 0.4) is 0 Å². The third-order valence-electron chi connectivity index (χ3n) is 6.07. The summed E-state index contributed by atoms with van der Waals surface area (Å²) in [5, 5.41) is 4.22. The average molecular weight is 499 g/mol. The van der Waals surface area contributed by atoms with Crippen molar-refractivity contribution >= 4 is 29.1 Å². The maximum atomic E-state index is 13.2. The highest BCUT2D eigenvalue weighted by atomic mass is 35.5. The van der Waals surface area contributed by atoms with Crippen LogP contribution in [0.5, 0.6) is 11.5 Å². The zero-order valence-electron chi connectivity index (χ0n) is 19.1. The van der Waals surface area contributed by atoms with Crippen molar-refractivity contribution in [3.05, 3.63) is 93.5 Å². The SMILES string of the molecule is COc1ccc([C@H](CNC(=O)c2ccccc2OCc2ccc(Cl)cc2Cl)N2CCCC2)cc1. The zero-order chi connectivity index (χ0) is 23.9. The number of nitrogens with zero attached hydrogens (tertiary/aromatic N) is 1. The van der Waals surface area contributed by atoms with Gasteiger partial charge in [-0.1, -0.05) is 53.5 Å². The highest BCUT2D eigenvalue weighted by Gasteiger charge is 2.24. The molecule has 3 aromatic rings. The van der Waals surface area contributed by atoms with Crippen molar-refractivity contribution < 1.29 is 14.3 Å². The highest BCUT2D eigenvalue weighted by Crippen LogP contribution is 2.27. The Morgan fingerprint density at radius 2 is 1.76 bits per heavy atom. The first-order valence-electron chi connectivity index (χ1n) is 11.4. The molecule has 0 spiro atoms. The van der Waals surface area contributed by atoms with E-state index in [2.05, 4.69) is 22.3 Å². The van der Waals surface area contributed by atoms with Crippen LogP contribution in [-0.2, 0) is 6.61 Å². The van der Waals surface area contributed by atoms with Crippen LogP contribution in [0.1, 0.15) is 40.4 Å². The molecule has 0 aliphatic carbocycles. The Bertz CT molecular complexity index is 1120. The molecule has 0 radical (unpaired) electrons. The van der Waals surface area contributed by atoms with E-state index in [4.69, 9.17) is 32.7 Å². The quantitative estimate of drug-likeness (QED) is 0.384. The lowest BCUT2D eigenvalue weighted by atomic mass is 10.0. The number of ether oxygens (including phenoxy) is 2. The van der Waals surface area contributed by atoms with E-state index in [1.165, 1.54) is 12.8 Å². The van der Waals surface area contributed by atoms with Crippen LogP contribution in [0, 0.1) is 0 Å². The summed E-state index contributed by atoms with van der Waals surface area (Å²) in [5.41, 5.74) is 2.45. The monoisotopic (exact) mass is 498 g/mol. The predicted molar refractivity (Wildman–Crippen MR) is 136 cm³/mol. The minimum Gasteiger partial charge on any atom is -0.497 e. The first kappa shape index (κ1) is 24.4. The van der Waals surface area contributed by atoms with Crippen LogP contribution in [-0.4, -0.2) is 37.6 Å². The summed E-state index contributed by atoms with van der Waals surface area (Å²) in [6.45, 7) is 2.79. The zero-order valence-corrected chi connectivity index (χ0v) is 20.6. The molecule has 0 aromatic heterocycles. The average Bonchev–Trinajstić information content (AvgIpc) is 3.39. The van der Waals surface area contributed by atoms with Gasteiger partial charge in [0.2, 0.25) is 0 Å². The molecule has 4 rings (SSSR count). The van der Waals surface area contributed by atoms with Gasteiger partial charge in [-0.3, -0.25) is 9.69 Å². The van der Waals surface area contributed by atoms with Crippen LogP contribution >= 0.6 is 23.2 Å². The first-order valence-corrected chi connectivity index (χ1v) is 12.1. The van der Waals surface area contributed by atoms with Gasteiger partial charge in [-0.25, -0.2) is 0 Å². The summed E-state index contributed by atoms with van der Waals surface area (Å²) in [5.74, 6) is 1.16. The van der Waals surface area contributed by atoms with Crippen molar-refractivity contribution in [1.82, 2.24) is 10.2 Å². The molecule has 1 fully saturated rings. The molecule has 5 nitrogen and oxygen atoms in total. The van der Waals surface area contributed by atoms with Gasteiger partial charge in [-0.2, -0.15) is 0 Å². The summed E-state index contributed by atoms with van der Waals surface area (Å²) in [6.07, 6.45) is 2.34. The lowest BCUT2D eigenvalue weighted by molar-refractivity contribution is 0.0933. The van der Waals surface area contributed by atoms with E-state index in [9.17, 15) is 4.79 Å². The number of hydrogen-bond acceptors (Lipinski definition) is 4. The third-order valence-corrected chi connectivity index (χ3v) is 6.65. The Hall–Kier alpha value is -2.73. The minimum atomic E-state index is -0.171. The van der Waals surface area contributed by atoms with Gasteiger partial charge in [0.25, 0.3) is 5.91 Å². The lowest BCUT2D eigenvalue weighted by Crippen LogP contribution is -2.36. The van der Waals surface area contributed by atoms with Crippen molar-refractivity contribution in [3.63, 3.8) is 0 Å². The van der Waals surface area contributed by atoms with E-state index < -0.39 is 0 Å². The van der Waals surface area contributed by atoms with E-state index in [1.807, 2.05) is 30.3 Å². The van der Waals surface area contributed by atoms with Crippen molar-refractivity contribution in [3.8, 4) is 11.5 Å². The Balaban J connectivity index is 1.45. The molecule has 0 saturated carbocycles.